The molecule has 1 atom stereocenters. The highest BCUT2D eigenvalue weighted by Crippen LogP contribution is 2.53. The number of H-pyrrole nitrogens is 1. The molecule has 1 spiro atoms. The molecular weight excluding hydrogens is 980 g/mol. The van der Waals surface area contributed by atoms with E-state index in [9.17, 15) is 27.7 Å². The van der Waals surface area contributed by atoms with Crippen LogP contribution >= 0.6 is 0 Å². The number of aromatic amines is 1. The molecule has 0 bridgehead atoms. The van der Waals surface area contributed by atoms with Crippen molar-refractivity contribution < 1.29 is 41.5 Å². The van der Waals surface area contributed by atoms with Crippen molar-refractivity contribution >= 4 is 44.0 Å². The molecule has 1 saturated carbocycles. The van der Waals surface area contributed by atoms with E-state index in [1.54, 1.807) is 26.4 Å². The molecule has 3 saturated heterocycles. The summed E-state index contributed by atoms with van der Waals surface area (Å²) in [4.78, 5) is 39.8. The van der Waals surface area contributed by atoms with E-state index in [1.165, 1.54) is 53.3 Å². The highest BCUT2D eigenvalue weighted by atomic mass is 32.2. The van der Waals surface area contributed by atoms with Gasteiger partial charge in [0.05, 0.1) is 41.2 Å². The Bertz CT molecular complexity index is 3170. The van der Waals surface area contributed by atoms with Crippen molar-refractivity contribution in [1.82, 2.24) is 24.5 Å². The first-order valence-corrected chi connectivity index (χ1v) is 27.3. The van der Waals surface area contributed by atoms with E-state index in [2.05, 4.69) is 85.0 Å². The molecule has 5 heterocycles. The van der Waals surface area contributed by atoms with Gasteiger partial charge in [-0.05, 0) is 115 Å². The van der Waals surface area contributed by atoms with Gasteiger partial charge < -0.3 is 34.1 Å². The fraction of sp³-hybridized carbons (Fsp3) is 0.429. The average molecular weight is 1050 g/mol. The SMILES string of the molecule is COc1ccc(CN2CCN(C3CC4(CCN(c5ccc(C(=O)NS(=O)(=O)c6ccc(NCC7CCOCC7)c([N+](=O)[O-])c6)c(Oc6cnc7[nH]cc(F)c7c6)c5)CC4)C3)[C@H](c3ccccc3C(C)C)C2)cc1OC. The number of benzene rings is 4. The van der Waals surface area contributed by atoms with Gasteiger partial charge in [-0.2, -0.15) is 0 Å². The first-order chi connectivity index (χ1) is 36.2. The molecule has 1 amide bonds. The first-order valence-electron chi connectivity index (χ1n) is 25.8. The van der Waals surface area contributed by atoms with E-state index in [0.717, 1.165) is 101 Å². The molecule has 4 fully saturated rings. The zero-order valence-electron chi connectivity index (χ0n) is 42.9. The molecule has 3 N–H and O–H groups in total. The number of piperazine rings is 1. The fourth-order valence-corrected chi connectivity index (χ4v) is 12.6. The summed E-state index contributed by atoms with van der Waals surface area (Å²) in [6.45, 7) is 11.4. The summed E-state index contributed by atoms with van der Waals surface area (Å²) >= 11 is 0. The largest absolute Gasteiger partial charge is 0.493 e. The number of carbonyl (C=O) groups is 1. The first kappa shape index (κ1) is 51.7. The lowest BCUT2D eigenvalue weighted by atomic mass is 9.59. The number of carbonyl (C=O) groups excluding carboxylic acids is 1. The maximum absolute atomic E-state index is 14.7. The van der Waals surface area contributed by atoms with Crippen LogP contribution in [0.5, 0.6) is 23.0 Å². The Hall–Kier alpha value is -6.80. The number of pyridine rings is 1. The number of nitro benzene ring substituents is 1. The molecule has 75 heavy (non-hydrogen) atoms. The number of piperidine rings is 1. The highest BCUT2D eigenvalue weighted by Gasteiger charge is 2.50. The second kappa shape index (κ2) is 21.8. The second-order valence-corrected chi connectivity index (χ2v) is 22.5. The topological polar surface area (TPSA) is 194 Å². The summed E-state index contributed by atoms with van der Waals surface area (Å²) in [5.74, 6) is 0.684. The lowest BCUT2D eigenvalue weighted by Gasteiger charge is -2.58. The number of hydrogen-bond donors (Lipinski definition) is 3. The molecule has 4 aromatic carbocycles. The van der Waals surface area contributed by atoms with Crippen LogP contribution in [0.15, 0.2) is 102 Å². The predicted octanol–water partition coefficient (Wildman–Crippen LogP) is 9.81. The molecular formula is C56H65FN8O9S. The standard InChI is InChI=1S/C56H65FN8O9S/c1-36(2)43-7-5-6-8-44(43)50-35-62(34-38-9-14-51(71-3)53(25-38)72-4)21-22-64(50)40-29-56(30-40)17-19-63(20-18-56)39-10-12-45(52(26-39)74-41-27-46-47(57)33-60-54(46)59-32-41)55(66)61-75(69,70)42-11-13-48(49(28-42)65(67)68)58-31-37-15-23-73-24-16-37/h5-14,25-28,32-33,36-37,40,50,58H,15-24,29-31,34-35H2,1-4H3,(H,59,60)(H,61,66)/t50-/m0/s1. The summed E-state index contributed by atoms with van der Waals surface area (Å²) in [6, 6.07) is 25.7. The third-order valence-corrected chi connectivity index (χ3v) is 17.2. The van der Waals surface area contributed by atoms with Crippen molar-refractivity contribution in [2.75, 3.05) is 76.9 Å². The van der Waals surface area contributed by atoms with Crippen LogP contribution in [0.25, 0.3) is 11.0 Å². The zero-order valence-corrected chi connectivity index (χ0v) is 43.7. The molecule has 6 aromatic rings. The molecule has 10 rings (SSSR count). The van der Waals surface area contributed by atoms with Crippen molar-refractivity contribution in [1.29, 1.82) is 0 Å². The van der Waals surface area contributed by atoms with Gasteiger partial charge in [-0.1, -0.05) is 44.2 Å². The normalized spacial score (nSPS) is 18.7. The molecule has 4 aliphatic rings. The van der Waals surface area contributed by atoms with Crippen LogP contribution in [-0.4, -0.2) is 112 Å². The van der Waals surface area contributed by atoms with Crippen LogP contribution in [0.2, 0.25) is 0 Å². The van der Waals surface area contributed by atoms with Crippen LogP contribution in [0.4, 0.5) is 21.5 Å². The summed E-state index contributed by atoms with van der Waals surface area (Å²) in [6.07, 6.45) is 8.32. The number of fused-ring (bicyclic) bond motifs is 1. The Kier molecular flexibility index (Phi) is 15.0. The van der Waals surface area contributed by atoms with Crippen LogP contribution in [-0.2, 0) is 21.3 Å². The van der Waals surface area contributed by atoms with Gasteiger partial charge >= 0.3 is 0 Å². The third-order valence-electron chi connectivity index (χ3n) is 15.9. The van der Waals surface area contributed by atoms with E-state index in [0.29, 0.717) is 37.4 Å². The van der Waals surface area contributed by atoms with Gasteiger partial charge in [0.25, 0.3) is 21.6 Å². The Balaban J connectivity index is 0.843. The van der Waals surface area contributed by atoms with E-state index >= 15 is 0 Å². The average Bonchev–Trinajstić information content (AvgIpc) is 3.79. The van der Waals surface area contributed by atoms with Crippen molar-refractivity contribution in [3.05, 3.63) is 136 Å². The predicted molar refractivity (Wildman–Crippen MR) is 284 cm³/mol. The Morgan fingerprint density at radius 3 is 2.47 bits per heavy atom. The van der Waals surface area contributed by atoms with Gasteiger partial charge in [-0.3, -0.25) is 24.7 Å². The summed E-state index contributed by atoms with van der Waals surface area (Å²) in [5, 5.41) is 15.5. The molecule has 1 aliphatic carbocycles. The smallest absolute Gasteiger partial charge is 0.293 e. The Labute approximate surface area is 436 Å². The van der Waals surface area contributed by atoms with Crippen molar-refractivity contribution in [2.45, 2.75) is 81.8 Å². The second-order valence-electron chi connectivity index (χ2n) is 20.8. The van der Waals surface area contributed by atoms with E-state index < -0.39 is 37.3 Å². The summed E-state index contributed by atoms with van der Waals surface area (Å²) in [7, 11) is -1.30. The van der Waals surface area contributed by atoms with Crippen LogP contribution in [0.1, 0.15) is 91.4 Å². The summed E-state index contributed by atoms with van der Waals surface area (Å²) in [5.41, 5.74) is 4.84. The van der Waals surface area contributed by atoms with E-state index in [4.69, 9.17) is 18.9 Å². The minimum absolute atomic E-state index is 0.0259. The molecule has 17 nitrogen and oxygen atoms in total. The maximum Gasteiger partial charge on any atom is 0.293 e. The zero-order chi connectivity index (χ0) is 52.4. The van der Waals surface area contributed by atoms with E-state index in [-0.39, 0.29) is 45.5 Å². The number of hydrogen-bond acceptors (Lipinski definition) is 14. The number of methoxy groups -OCH3 is 2. The molecule has 19 heteroatoms. The minimum Gasteiger partial charge on any atom is -0.493 e. The minimum atomic E-state index is -4.63. The van der Waals surface area contributed by atoms with Gasteiger partial charge in [-0.15, -0.1) is 0 Å². The van der Waals surface area contributed by atoms with Crippen LogP contribution in [0, 0.1) is 27.3 Å². The lowest BCUT2D eigenvalue weighted by molar-refractivity contribution is -0.384. The number of rotatable bonds is 17. The van der Waals surface area contributed by atoms with Crippen molar-refractivity contribution in [2.24, 2.45) is 11.3 Å². The number of amides is 1. The van der Waals surface area contributed by atoms with E-state index in [1.807, 2.05) is 6.07 Å². The van der Waals surface area contributed by atoms with Gasteiger partial charge in [-0.25, -0.2) is 22.5 Å². The number of halogens is 1. The third kappa shape index (κ3) is 11.1. The van der Waals surface area contributed by atoms with Gasteiger partial charge in [0.2, 0.25) is 0 Å². The highest BCUT2D eigenvalue weighted by molar-refractivity contribution is 7.90. The Morgan fingerprint density at radius 2 is 1.72 bits per heavy atom. The number of aromatic nitrogens is 2. The van der Waals surface area contributed by atoms with Crippen LogP contribution < -0.4 is 29.1 Å². The van der Waals surface area contributed by atoms with Gasteiger partial charge in [0.15, 0.2) is 11.5 Å². The molecule has 2 aromatic heterocycles. The number of nitrogens with zero attached hydrogens (tertiary/aromatic N) is 5. The fourth-order valence-electron chi connectivity index (χ4n) is 11.6. The maximum atomic E-state index is 14.7. The number of nitro groups is 1. The number of nitrogens with one attached hydrogen (secondary N) is 3. The molecule has 3 aliphatic heterocycles. The van der Waals surface area contributed by atoms with Gasteiger partial charge in [0.1, 0.15) is 28.7 Å². The number of anilines is 2. The Morgan fingerprint density at radius 1 is 0.947 bits per heavy atom. The summed E-state index contributed by atoms with van der Waals surface area (Å²) < 4.78 is 67.3. The number of sulfonamides is 1. The molecule has 0 unspecified atom stereocenters. The molecule has 396 valence electrons. The lowest BCUT2D eigenvalue weighted by Crippen LogP contribution is -2.60. The van der Waals surface area contributed by atoms with Crippen LogP contribution in [0.3, 0.4) is 0 Å². The quantitative estimate of drug-likeness (QED) is 0.0577. The van der Waals surface area contributed by atoms with Crippen molar-refractivity contribution in [3.8, 4) is 23.0 Å². The van der Waals surface area contributed by atoms with Crippen molar-refractivity contribution in [3.63, 3.8) is 0 Å². The number of ether oxygens (including phenoxy) is 4. The van der Waals surface area contributed by atoms with Gasteiger partial charge in [0, 0.05) is 95.1 Å². The monoisotopic (exact) mass is 1040 g/mol. The molecule has 0 radical (unpaired) electrons.